The van der Waals surface area contributed by atoms with Crippen LogP contribution in [0.5, 0.6) is 0 Å². The molecule has 0 atom stereocenters. The fourth-order valence-electron chi connectivity index (χ4n) is 19.7. The topological polar surface area (TPSA) is 142 Å². The summed E-state index contributed by atoms with van der Waals surface area (Å²) in [6, 6.07) is 136. The molecule has 6 aromatic heterocycles. The van der Waals surface area contributed by atoms with Crippen LogP contribution in [-0.2, 0) is 5.41 Å². The van der Waals surface area contributed by atoms with Crippen LogP contribution in [0.15, 0.2) is 401 Å². The van der Waals surface area contributed by atoms with Gasteiger partial charge in [-0.3, -0.25) is 4.98 Å². The van der Waals surface area contributed by atoms with E-state index >= 15 is 0 Å². The second-order valence-electron chi connectivity index (χ2n) is 33.6. The van der Waals surface area contributed by atoms with Crippen molar-refractivity contribution in [2.75, 3.05) is 0 Å². The maximum atomic E-state index is 6.45. The zero-order valence-electron chi connectivity index (χ0n) is 71.9. The normalized spacial score (nSPS) is 12.1. The third-order valence-electron chi connectivity index (χ3n) is 25.7. The summed E-state index contributed by atoms with van der Waals surface area (Å²) in [6.45, 7) is 4.58. The van der Waals surface area contributed by atoms with Gasteiger partial charge in [0.2, 0.25) is 26.4 Å². The second kappa shape index (κ2) is 34.5. The van der Waals surface area contributed by atoms with Crippen molar-refractivity contribution >= 4 is 220 Å². The van der Waals surface area contributed by atoms with Crippen LogP contribution in [0.25, 0.3) is 230 Å². The lowest BCUT2D eigenvalue weighted by Gasteiger charge is -2.22. The van der Waals surface area contributed by atoms with Crippen molar-refractivity contribution in [2.45, 2.75) is 19.3 Å². The van der Waals surface area contributed by atoms with Crippen LogP contribution >= 0.6 is 58.0 Å². The highest BCUT2D eigenvalue weighted by atomic mass is 35.5. The first-order chi connectivity index (χ1) is 65.8. The Balaban J connectivity index is 0.0000000951. The summed E-state index contributed by atoms with van der Waals surface area (Å²) < 4.78 is 0. The van der Waals surface area contributed by atoms with Crippen LogP contribution in [0.4, 0.5) is 0 Å². The maximum absolute atomic E-state index is 6.45. The first kappa shape index (κ1) is 82.7. The fraction of sp³-hybridized carbons (Fsp3) is 0.0254. The van der Waals surface area contributed by atoms with Crippen molar-refractivity contribution in [3.63, 3.8) is 0 Å². The average Bonchev–Trinajstić information content (AvgIpc) is 1.18. The minimum absolute atomic E-state index is 0.0543. The molecule has 0 aliphatic heterocycles. The zero-order chi connectivity index (χ0) is 90.2. The van der Waals surface area contributed by atoms with Crippen LogP contribution in [-0.4, -0.2) is 54.8 Å². The summed E-state index contributed by atoms with van der Waals surface area (Å²) in [4.78, 5) is 50.3. The summed E-state index contributed by atoms with van der Waals surface area (Å²) in [5.41, 5.74) is 19.0. The molecule has 20 aromatic carbocycles. The standard InChI is InChI=1S/C27H19ClN2.2C26H15ClN2.C22H13ClN2.C17H10ClN3/c1-27(2)22-10-6-5-9-19(22)20-13-12-17(15-23(20)27)24-21-14-11-16-7-3-4-8-18(16)25(21)30-26(28)29-24;27-26-28-24(21-15-7-9-16-8-1-2-10-17(16)21)23-20-13-5-3-11-18(20)19-12-4-6-14-22(19)25(23)29-26;27-26-28-24(18-14-13-16-7-1-2-8-17(16)15-18)23-21-11-5-3-9-19(21)20-10-4-6-12-22(20)25(23)29-26;23-22-24-20(14-8-2-1-3-9-14)19-17-12-6-4-10-15(17)16-11-5-7-13-18(16)21(19)25-22;18-17-20-15-12-6-2-1-5-11(12)8-9-13(15)16(21-17)14-7-3-4-10-19-14/h3-15H,1-2H3;2*1-15H;1-13H;1-10H. The van der Waals surface area contributed by atoms with E-state index in [1.165, 1.54) is 70.7 Å². The number of hydrogen-bond acceptors (Lipinski definition) is 11. The number of fused-ring (bicyclic) bond motifs is 29. The highest BCUT2D eigenvalue weighted by molar-refractivity contribution is 6.35. The van der Waals surface area contributed by atoms with E-state index in [-0.39, 0.29) is 31.8 Å². The van der Waals surface area contributed by atoms with Crippen molar-refractivity contribution in [1.82, 2.24) is 54.8 Å². The molecule has 1 aliphatic carbocycles. The summed E-state index contributed by atoms with van der Waals surface area (Å²) in [6.07, 6.45) is 1.75. The van der Waals surface area contributed by atoms with Gasteiger partial charge >= 0.3 is 0 Å². The van der Waals surface area contributed by atoms with Crippen LogP contribution in [0.3, 0.4) is 0 Å². The third kappa shape index (κ3) is 14.8. The molecule has 0 unspecified atom stereocenters. The summed E-state index contributed by atoms with van der Waals surface area (Å²) in [5.74, 6) is 0. The molecular formula is C118H72Cl5N11. The maximum Gasteiger partial charge on any atom is 0.223 e. The molecule has 0 fully saturated rings. The average molecular weight is 1820 g/mol. The Bertz CT molecular complexity index is 9280. The summed E-state index contributed by atoms with van der Waals surface area (Å²) in [7, 11) is 0. The van der Waals surface area contributed by atoms with Gasteiger partial charge in [-0.25, -0.2) is 49.8 Å². The molecule has 0 saturated heterocycles. The Kier molecular flexibility index (Phi) is 21.3. The Labute approximate surface area is 793 Å². The molecule has 0 spiro atoms. The van der Waals surface area contributed by atoms with Gasteiger partial charge in [0, 0.05) is 87.7 Å². The molecule has 6 heterocycles. The highest BCUT2D eigenvalue weighted by Gasteiger charge is 2.36. The molecule has 0 amide bonds. The van der Waals surface area contributed by atoms with E-state index in [1.54, 1.807) is 6.20 Å². The van der Waals surface area contributed by atoms with E-state index in [1.807, 2.05) is 91.0 Å². The van der Waals surface area contributed by atoms with Gasteiger partial charge in [-0.15, -0.1) is 0 Å². The Hall–Kier alpha value is -15.7. The number of pyridine rings is 1. The number of rotatable bonds is 5. The van der Waals surface area contributed by atoms with Crippen molar-refractivity contribution in [2.24, 2.45) is 0 Å². The van der Waals surface area contributed by atoms with E-state index in [0.29, 0.717) is 0 Å². The Morgan fingerprint density at radius 2 is 0.522 bits per heavy atom. The SMILES string of the molecule is CC1(C)c2ccccc2-c2ccc(-c3nc(Cl)nc4c3ccc3ccccc34)cc21.Clc1nc(-c2ccc3ccccc3c2)c2c3ccccc3c3ccccc3c2n1.Clc1nc(-c2cccc3ccccc23)c2c3ccccc3c3ccccc3c2n1.Clc1nc(-c2ccccc2)c2c3ccccc3c3ccccc3c2n1.Clc1nc(-c2ccccn2)c2ccc3ccccc3c2n1. The minimum Gasteiger partial charge on any atom is -0.255 e. The minimum atomic E-state index is -0.0543. The number of benzene rings is 20. The summed E-state index contributed by atoms with van der Waals surface area (Å²) in [5, 5.41) is 29.4. The molecule has 26 aromatic rings. The fourth-order valence-corrected chi connectivity index (χ4v) is 20.5. The Morgan fingerprint density at radius 3 is 1.04 bits per heavy atom. The van der Waals surface area contributed by atoms with E-state index in [4.69, 9.17) is 63.0 Å². The number of hydrogen-bond donors (Lipinski definition) is 0. The molecule has 134 heavy (non-hydrogen) atoms. The van der Waals surface area contributed by atoms with Gasteiger partial charge in [0.05, 0.1) is 56.1 Å². The molecule has 0 saturated carbocycles. The van der Waals surface area contributed by atoms with Gasteiger partial charge < -0.3 is 0 Å². The van der Waals surface area contributed by atoms with Gasteiger partial charge in [-0.2, -0.15) is 0 Å². The molecule has 0 bridgehead atoms. The lowest BCUT2D eigenvalue weighted by molar-refractivity contribution is 0.660. The van der Waals surface area contributed by atoms with E-state index in [0.717, 1.165) is 170 Å². The van der Waals surface area contributed by atoms with Crippen LogP contribution in [0.1, 0.15) is 25.0 Å². The number of aromatic nitrogens is 11. The predicted octanol–water partition coefficient (Wildman–Crippen LogP) is 33.0. The Morgan fingerprint density at radius 1 is 0.187 bits per heavy atom. The monoisotopic (exact) mass is 1820 g/mol. The lowest BCUT2D eigenvalue weighted by Crippen LogP contribution is -2.14. The second-order valence-corrected chi connectivity index (χ2v) is 35.3. The first-order valence-electron chi connectivity index (χ1n) is 44.0. The quantitative estimate of drug-likeness (QED) is 0.120. The largest absolute Gasteiger partial charge is 0.255 e. The predicted molar refractivity (Wildman–Crippen MR) is 560 cm³/mol. The lowest BCUT2D eigenvalue weighted by atomic mass is 9.82. The van der Waals surface area contributed by atoms with Gasteiger partial charge in [-0.05, 0) is 197 Å². The molecule has 27 rings (SSSR count). The van der Waals surface area contributed by atoms with Crippen LogP contribution in [0, 0.1) is 0 Å². The molecule has 16 heteroatoms. The van der Waals surface area contributed by atoms with Crippen molar-refractivity contribution in [3.05, 3.63) is 438 Å². The van der Waals surface area contributed by atoms with E-state index in [9.17, 15) is 0 Å². The van der Waals surface area contributed by atoms with Crippen molar-refractivity contribution in [1.29, 1.82) is 0 Å². The van der Waals surface area contributed by atoms with Crippen LogP contribution in [0.2, 0.25) is 26.4 Å². The van der Waals surface area contributed by atoms with Gasteiger partial charge in [0.15, 0.2) is 0 Å². The molecule has 1 aliphatic rings. The van der Waals surface area contributed by atoms with Crippen molar-refractivity contribution < 1.29 is 0 Å². The van der Waals surface area contributed by atoms with Crippen molar-refractivity contribution in [3.8, 4) is 67.5 Å². The first-order valence-corrected chi connectivity index (χ1v) is 45.9. The molecular weight excluding hydrogens is 1750 g/mol. The highest BCUT2D eigenvalue weighted by Crippen LogP contribution is 2.51. The molecule has 0 N–H and O–H groups in total. The van der Waals surface area contributed by atoms with Crippen LogP contribution < -0.4 is 0 Å². The molecule has 0 radical (unpaired) electrons. The van der Waals surface area contributed by atoms with Gasteiger partial charge in [0.25, 0.3) is 0 Å². The van der Waals surface area contributed by atoms with E-state index < -0.39 is 0 Å². The molecule has 634 valence electrons. The molecule has 11 nitrogen and oxygen atoms in total. The van der Waals surface area contributed by atoms with Gasteiger partial charge in [0.1, 0.15) is 5.69 Å². The zero-order valence-corrected chi connectivity index (χ0v) is 75.7. The number of nitrogens with zero attached hydrogens (tertiary/aromatic N) is 11. The van der Waals surface area contributed by atoms with Gasteiger partial charge in [-0.1, -0.05) is 372 Å². The summed E-state index contributed by atoms with van der Waals surface area (Å²) >= 11 is 31.7. The third-order valence-corrected chi connectivity index (χ3v) is 26.5. The smallest absolute Gasteiger partial charge is 0.223 e. The van der Waals surface area contributed by atoms with E-state index in [2.05, 4.69) is 367 Å². The number of halogens is 5.